The van der Waals surface area contributed by atoms with Crippen molar-refractivity contribution < 1.29 is 0 Å². The molecule has 182 valence electrons. The standard InChI is InChI=1S/C35H22N4/c36-23-27-20-19-26(21-34(27)39-32-17-9-7-15-28(32)29-16-8-10-18-33(29)39)35-37-30(24-11-3-1-4-12-24)22-31(38-35)25-13-5-2-6-14-25/h1-22H. The fourth-order valence-corrected chi connectivity index (χ4v) is 5.22. The quantitative estimate of drug-likeness (QED) is 0.245. The molecule has 39 heavy (non-hydrogen) atoms. The van der Waals surface area contributed by atoms with Crippen molar-refractivity contribution in [2.24, 2.45) is 0 Å². The van der Waals surface area contributed by atoms with E-state index in [-0.39, 0.29) is 0 Å². The Morgan fingerprint density at radius 2 is 1.03 bits per heavy atom. The van der Waals surface area contributed by atoms with Crippen molar-refractivity contribution in [2.75, 3.05) is 0 Å². The molecule has 4 nitrogen and oxygen atoms in total. The van der Waals surface area contributed by atoms with Gasteiger partial charge in [0.1, 0.15) is 6.07 Å². The summed E-state index contributed by atoms with van der Waals surface area (Å²) >= 11 is 0. The van der Waals surface area contributed by atoms with Crippen LogP contribution in [0, 0.1) is 11.3 Å². The zero-order valence-corrected chi connectivity index (χ0v) is 21.0. The number of nitriles is 1. The maximum Gasteiger partial charge on any atom is 0.160 e. The van der Waals surface area contributed by atoms with Gasteiger partial charge in [-0.1, -0.05) is 97.1 Å². The fourth-order valence-electron chi connectivity index (χ4n) is 5.22. The van der Waals surface area contributed by atoms with Gasteiger partial charge in [-0.25, -0.2) is 9.97 Å². The third-order valence-electron chi connectivity index (χ3n) is 7.06. The van der Waals surface area contributed by atoms with Gasteiger partial charge in [-0.15, -0.1) is 0 Å². The molecule has 0 amide bonds. The fraction of sp³-hybridized carbons (Fsp3) is 0. The van der Waals surface area contributed by atoms with Crippen molar-refractivity contribution in [3.63, 3.8) is 0 Å². The summed E-state index contributed by atoms with van der Waals surface area (Å²) in [7, 11) is 0. The second-order valence-corrected chi connectivity index (χ2v) is 9.41. The average Bonchev–Trinajstić information content (AvgIpc) is 3.36. The molecule has 0 atom stereocenters. The van der Waals surface area contributed by atoms with Gasteiger partial charge in [-0.05, 0) is 36.4 Å². The molecule has 2 heterocycles. The van der Waals surface area contributed by atoms with Gasteiger partial charge < -0.3 is 4.57 Å². The van der Waals surface area contributed by atoms with Gasteiger partial charge in [0.2, 0.25) is 0 Å². The van der Waals surface area contributed by atoms with Crippen LogP contribution >= 0.6 is 0 Å². The van der Waals surface area contributed by atoms with E-state index in [4.69, 9.17) is 9.97 Å². The number of hydrogen-bond acceptors (Lipinski definition) is 3. The second-order valence-electron chi connectivity index (χ2n) is 9.41. The van der Waals surface area contributed by atoms with Crippen LogP contribution in [0.1, 0.15) is 5.56 Å². The van der Waals surface area contributed by atoms with E-state index in [1.807, 2.05) is 72.8 Å². The first-order valence-electron chi connectivity index (χ1n) is 12.8. The molecule has 0 saturated carbocycles. The topological polar surface area (TPSA) is 54.5 Å². The minimum atomic E-state index is 0.591. The van der Waals surface area contributed by atoms with Gasteiger partial charge in [0.05, 0.1) is 33.7 Å². The van der Waals surface area contributed by atoms with Crippen LogP contribution in [0.2, 0.25) is 0 Å². The minimum absolute atomic E-state index is 0.591. The highest BCUT2D eigenvalue weighted by Crippen LogP contribution is 2.35. The molecule has 7 aromatic rings. The van der Waals surface area contributed by atoms with Crippen molar-refractivity contribution >= 4 is 21.8 Å². The van der Waals surface area contributed by atoms with E-state index in [0.29, 0.717) is 11.4 Å². The number of fused-ring (bicyclic) bond motifs is 3. The Morgan fingerprint density at radius 3 is 1.56 bits per heavy atom. The molecule has 0 radical (unpaired) electrons. The van der Waals surface area contributed by atoms with E-state index in [9.17, 15) is 5.26 Å². The molecule has 0 N–H and O–H groups in total. The van der Waals surface area contributed by atoms with Gasteiger partial charge in [0.25, 0.3) is 0 Å². The predicted octanol–water partition coefficient (Wildman–Crippen LogP) is 8.45. The van der Waals surface area contributed by atoms with Gasteiger partial charge in [-0.3, -0.25) is 0 Å². The molecule has 0 aliphatic carbocycles. The zero-order valence-electron chi connectivity index (χ0n) is 21.0. The van der Waals surface area contributed by atoms with E-state index in [1.54, 1.807) is 0 Å². The minimum Gasteiger partial charge on any atom is -0.308 e. The summed E-state index contributed by atoms with van der Waals surface area (Å²) in [5, 5.41) is 12.4. The third-order valence-corrected chi connectivity index (χ3v) is 7.06. The summed E-state index contributed by atoms with van der Waals surface area (Å²) in [5.74, 6) is 0.613. The Morgan fingerprint density at radius 1 is 0.513 bits per heavy atom. The molecule has 0 bridgehead atoms. The first-order valence-corrected chi connectivity index (χ1v) is 12.8. The lowest BCUT2D eigenvalue weighted by atomic mass is 10.1. The smallest absolute Gasteiger partial charge is 0.160 e. The van der Waals surface area contributed by atoms with E-state index >= 15 is 0 Å². The highest BCUT2D eigenvalue weighted by atomic mass is 15.0. The molecular weight excluding hydrogens is 476 g/mol. The monoisotopic (exact) mass is 498 g/mol. The van der Waals surface area contributed by atoms with Crippen LogP contribution in [0.3, 0.4) is 0 Å². The van der Waals surface area contributed by atoms with Crippen molar-refractivity contribution in [2.45, 2.75) is 0 Å². The number of rotatable bonds is 4. The molecule has 4 heteroatoms. The van der Waals surface area contributed by atoms with E-state index < -0.39 is 0 Å². The zero-order chi connectivity index (χ0) is 26.2. The maximum atomic E-state index is 10.1. The van der Waals surface area contributed by atoms with E-state index in [0.717, 1.165) is 55.6 Å². The third kappa shape index (κ3) is 3.94. The maximum absolute atomic E-state index is 10.1. The van der Waals surface area contributed by atoms with Crippen molar-refractivity contribution in [3.05, 3.63) is 139 Å². The van der Waals surface area contributed by atoms with Crippen LogP contribution in [0.5, 0.6) is 0 Å². The molecule has 0 saturated heterocycles. The Hall–Kier alpha value is -5.53. The summed E-state index contributed by atoms with van der Waals surface area (Å²) in [6.07, 6.45) is 0. The Labute approximate surface area is 226 Å². The number of aromatic nitrogens is 3. The molecule has 0 fully saturated rings. The van der Waals surface area contributed by atoms with Gasteiger partial charge in [0, 0.05) is 27.5 Å². The molecule has 5 aromatic carbocycles. The summed E-state index contributed by atoms with van der Waals surface area (Å²) in [6, 6.07) is 47.2. The van der Waals surface area contributed by atoms with Crippen LogP contribution in [-0.2, 0) is 0 Å². The number of para-hydroxylation sites is 2. The second kappa shape index (κ2) is 9.41. The van der Waals surface area contributed by atoms with E-state index in [1.165, 1.54) is 0 Å². The van der Waals surface area contributed by atoms with Crippen LogP contribution in [0.25, 0.3) is 61.4 Å². The predicted molar refractivity (Wildman–Crippen MR) is 157 cm³/mol. The molecule has 2 aromatic heterocycles. The molecule has 0 spiro atoms. The van der Waals surface area contributed by atoms with Crippen LogP contribution in [-0.4, -0.2) is 14.5 Å². The molecular formula is C35H22N4. The highest BCUT2D eigenvalue weighted by Gasteiger charge is 2.17. The van der Waals surface area contributed by atoms with Crippen LogP contribution in [0.4, 0.5) is 0 Å². The van der Waals surface area contributed by atoms with Gasteiger partial charge >= 0.3 is 0 Å². The largest absolute Gasteiger partial charge is 0.308 e. The summed E-state index contributed by atoms with van der Waals surface area (Å²) in [5.41, 5.74) is 8.09. The van der Waals surface area contributed by atoms with Crippen molar-refractivity contribution in [1.29, 1.82) is 5.26 Å². The van der Waals surface area contributed by atoms with Crippen molar-refractivity contribution in [3.8, 4) is 45.7 Å². The van der Waals surface area contributed by atoms with Gasteiger partial charge in [0.15, 0.2) is 5.82 Å². The molecule has 7 rings (SSSR count). The number of hydrogen-bond donors (Lipinski definition) is 0. The van der Waals surface area contributed by atoms with Crippen LogP contribution in [0.15, 0.2) is 133 Å². The SMILES string of the molecule is N#Cc1ccc(-c2nc(-c3ccccc3)cc(-c3ccccc3)n2)cc1-n1c2ccccc2c2ccccc21. The lowest BCUT2D eigenvalue weighted by molar-refractivity contribution is 1.15. The number of nitrogens with zero attached hydrogens (tertiary/aromatic N) is 4. The number of benzene rings is 5. The molecule has 0 aliphatic rings. The lowest BCUT2D eigenvalue weighted by Gasteiger charge is -2.13. The Balaban J connectivity index is 1.48. The van der Waals surface area contributed by atoms with Crippen LogP contribution < -0.4 is 0 Å². The van der Waals surface area contributed by atoms with Gasteiger partial charge in [-0.2, -0.15) is 5.26 Å². The summed E-state index contributed by atoms with van der Waals surface area (Å²) in [4.78, 5) is 10.00. The Bertz CT molecular complexity index is 1910. The van der Waals surface area contributed by atoms with E-state index in [2.05, 4.69) is 71.3 Å². The molecule has 0 unspecified atom stereocenters. The van der Waals surface area contributed by atoms with Crippen molar-refractivity contribution in [1.82, 2.24) is 14.5 Å². The first kappa shape index (κ1) is 22.7. The highest BCUT2D eigenvalue weighted by molar-refractivity contribution is 6.09. The lowest BCUT2D eigenvalue weighted by Crippen LogP contribution is -2.00. The molecule has 0 aliphatic heterocycles. The average molecular weight is 499 g/mol. The Kier molecular flexibility index (Phi) is 5.46. The summed E-state index contributed by atoms with van der Waals surface area (Å²) in [6.45, 7) is 0. The first-order chi connectivity index (χ1) is 19.3. The summed E-state index contributed by atoms with van der Waals surface area (Å²) < 4.78 is 2.17. The normalized spacial score (nSPS) is 11.1.